The largest absolute Gasteiger partial charge is 0.600 e. The number of ether oxygens (including phenoxy) is 26. The number of quaternary nitrogens is 1. The van der Waals surface area contributed by atoms with Crippen LogP contribution in [0.4, 0.5) is 0 Å². The Hall–Kier alpha value is -4.37. The Morgan fingerprint density at radius 3 is 1.97 bits per heavy atom. The van der Waals surface area contributed by atoms with Gasteiger partial charge >= 0.3 is 17.9 Å². The number of esters is 2. The molecule has 10 N–H and O–H groups in total. The minimum atomic E-state index is -2.05. The molecule has 2 spiro atoms. The van der Waals surface area contributed by atoms with Crippen molar-refractivity contribution in [1.29, 1.82) is 0 Å². The molecule has 36 unspecified atom stereocenters. The number of carbonyl (C=O) groups is 2. The van der Waals surface area contributed by atoms with E-state index < -0.39 is 243 Å². The Labute approximate surface area is 636 Å². The Morgan fingerprint density at radius 1 is 0.600 bits per heavy atom. The number of phenolic OH excluding ortho intramolecular Hbond substituents is 3. The number of rotatable bonds is 21. The van der Waals surface area contributed by atoms with E-state index in [9.17, 15) is 60.9 Å². The zero-order valence-corrected chi connectivity index (χ0v) is 63.6. The van der Waals surface area contributed by atoms with Crippen LogP contribution in [0.1, 0.15) is 99.6 Å². The quantitative estimate of drug-likeness (QED) is 0.0535. The summed E-state index contributed by atoms with van der Waals surface area (Å²) in [6, 6.07) is 3.56. The zero-order valence-electron chi connectivity index (χ0n) is 62.8. The third-order valence-corrected chi connectivity index (χ3v) is 22.8. The molecule has 0 radical (unpaired) electrons. The van der Waals surface area contributed by atoms with Gasteiger partial charge in [-0.3, -0.25) is 0 Å². The summed E-state index contributed by atoms with van der Waals surface area (Å²) in [6.45, 7) is 13.1. The van der Waals surface area contributed by atoms with E-state index in [1.54, 1.807) is 48.5 Å². The van der Waals surface area contributed by atoms with Crippen LogP contribution in [0.25, 0.3) is 0 Å². The number of fused-ring (bicyclic) bond motifs is 4. The number of phenols is 3. The maximum Gasteiger partial charge on any atom is 0.342 e. The molecule has 36 atom stereocenters. The molecule has 11 saturated heterocycles. The van der Waals surface area contributed by atoms with E-state index in [-0.39, 0.29) is 84.0 Å². The number of aliphatic hydroxyl groups excluding tert-OH is 5. The fraction of sp³-hybridized carbons (Fsp3) is 0.800. The van der Waals surface area contributed by atoms with Gasteiger partial charge in [0, 0.05) is 40.9 Å². The van der Waals surface area contributed by atoms with E-state index in [4.69, 9.17) is 135 Å². The third-order valence-electron chi connectivity index (χ3n) is 22.4. The van der Waals surface area contributed by atoms with Gasteiger partial charge in [-0.25, -0.2) is 20.0 Å². The lowest BCUT2D eigenvalue weighted by atomic mass is 9.85. The van der Waals surface area contributed by atoms with Gasteiger partial charge in [-0.15, -0.1) is 0 Å². The fourth-order valence-electron chi connectivity index (χ4n) is 17.1. The second-order valence-corrected chi connectivity index (χ2v) is 30.3. The van der Waals surface area contributed by atoms with Gasteiger partial charge in [0.15, 0.2) is 67.3 Å². The minimum Gasteiger partial charge on any atom is -0.600 e. The van der Waals surface area contributed by atoms with Gasteiger partial charge in [-0.2, -0.15) is 0 Å². The number of nitrogens with one attached hydrogen (secondary N) is 1. The zero-order chi connectivity index (χ0) is 79.3. The van der Waals surface area contributed by atoms with Crippen LogP contribution in [-0.4, -0.2) is 334 Å². The highest BCUT2D eigenvalue weighted by Gasteiger charge is 2.70. The van der Waals surface area contributed by atoms with Gasteiger partial charge in [0.1, 0.15) is 143 Å². The van der Waals surface area contributed by atoms with Crippen LogP contribution in [-0.2, 0) is 118 Å². The van der Waals surface area contributed by atoms with Crippen LogP contribution in [0.3, 0.4) is 0 Å². The highest BCUT2D eigenvalue weighted by atomic mass is 35.5. The molecule has 13 rings (SSSR count). The lowest BCUT2D eigenvalue weighted by Crippen LogP contribution is -3.16. The Morgan fingerprint density at radius 2 is 1.29 bits per heavy atom. The van der Waals surface area contributed by atoms with Crippen molar-refractivity contribution in [3.05, 3.63) is 50.7 Å². The maximum absolute atomic E-state index is 14.2. The van der Waals surface area contributed by atoms with Crippen LogP contribution >= 0.6 is 11.6 Å². The Bertz CT molecular complexity index is 3520. The first-order valence-electron chi connectivity index (χ1n) is 36.3. The molecule has 11 heterocycles. The predicted molar refractivity (Wildman–Crippen MR) is 357 cm³/mol. The third kappa shape index (κ3) is 15.5. The molecule has 0 aromatic heterocycles. The topological polar surface area (TPSA) is 484 Å². The SMILES string of the molecule is COCC1OC(OC2OCC3OC4(OCC(OC(=O)c5c(C)cc(O)cc5O)C5OCOC54)OC3C2O)C(OC)C(O)C1OC1OC(C)C(OC)C(OC2OC(C)C3OC4(CC(O)C(OC5CC(OC6CC(C)([NH+]([O-])O)C(OC)C(C)O6)C(OC(=O)c6c(C)cc(O)c(Cl)c6OC)C(C)O5)C(C)O4)OC3(C)C2O)C1O. The van der Waals surface area contributed by atoms with Crippen LogP contribution in [0.2, 0.25) is 5.02 Å². The van der Waals surface area contributed by atoms with Crippen molar-refractivity contribution in [3.8, 4) is 23.0 Å². The number of halogens is 1. The molecule has 2 aromatic rings. The highest BCUT2D eigenvalue weighted by Crippen LogP contribution is 2.52. The second kappa shape index (κ2) is 33.0. The molecule has 620 valence electrons. The van der Waals surface area contributed by atoms with Crippen LogP contribution in [0, 0.1) is 19.1 Å². The molecule has 11 aliphatic heterocycles. The molecule has 11 fully saturated rings. The van der Waals surface area contributed by atoms with E-state index in [0.717, 1.165) is 6.07 Å². The van der Waals surface area contributed by atoms with Crippen LogP contribution in [0.15, 0.2) is 18.2 Å². The first kappa shape index (κ1) is 83.6. The number of aliphatic hydroxyl groups is 5. The summed E-state index contributed by atoms with van der Waals surface area (Å²) < 4.78 is 160. The normalized spacial score (nSPS) is 46.3. The van der Waals surface area contributed by atoms with Crippen LogP contribution in [0.5, 0.6) is 23.0 Å². The van der Waals surface area contributed by atoms with E-state index >= 15 is 0 Å². The van der Waals surface area contributed by atoms with Crippen molar-refractivity contribution in [2.45, 2.75) is 295 Å². The van der Waals surface area contributed by atoms with Gasteiger partial charge in [-0.05, 0) is 85.6 Å². The van der Waals surface area contributed by atoms with E-state index in [2.05, 4.69) is 0 Å². The molecular weight excluding hydrogens is 1500 g/mol. The minimum absolute atomic E-state index is 0.0934. The number of methoxy groups -OCH3 is 5. The summed E-state index contributed by atoms with van der Waals surface area (Å²) in [6.07, 6.45) is -40.0. The summed E-state index contributed by atoms with van der Waals surface area (Å²) in [5, 5.41) is 114. The lowest BCUT2D eigenvalue weighted by Gasteiger charge is -2.50. The van der Waals surface area contributed by atoms with Gasteiger partial charge in [-0.1, -0.05) is 11.6 Å². The van der Waals surface area contributed by atoms with E-state index in [0.29, 0.717) is 0 Å². The van der Waals surface area contributed by atoms with Crippen LogP contribution < -0.4 is 9.96 Å². The first-order valence-corrected chi connectivity index (χ1v) is 36.7. The monoisotopic (exact) mass is 1600 g/mol. The fourth-order valence-corrected chi connectivity index (χ4v) is 17.3. The van der Waals surface area contributed by atoms with E-state index in [1.807, 2.05) is 0 Å². The summed E-state index contributed by atoms with van der Waals surface area (Å²) >= 11 is 6.37. The summed E-state index contributed by atoms with van der Waals surface area (Å²) in [5.41, 5.74) is -2.99. The molecule has 2 aromatic carbocycles. The molecule has 0 saturated carbocycles. The first-order chi connectivity index (χ1) is 52.1. The van der Waals surface area contributed by atoms with Crippen molar-refractivity contribution in [2.24, 2.45) is 0 Å². The van der Waals surface area contributed by atoms with Crippen molar-refractivity contribution in [3.63, 3.8) is 0 Å². The average molecular weight is 1600 g/mol. The summed E-state index contributed by atoms with van der Waals surface area (Å²) in [4.78, 5) is 27.6. The van der Waals surface area contributed by atoms with Crippen molar-refractivity contribution in [1.82, 2.24) is 0 Å². The number of aryl methyl sites for hydroxylation is 2. The molecule has 0 bridgehead atoms. The molecule has 110 heavy (non-hydrogen) atoms. The molecular formula is C70H100ClNO38. The van der Waals surface area contributed by atoms with Gasteiger partial charge in [0.05, 0.1) is 76.4 Å². The second-order valence-electron chi connectivity index (χ2n) is 29.9. The maximum atomic E-state index is 14.2. The number of hydrogen-bond donors (Lipinski definition) is 10. The molecule has 40 heteroatoms. The summed E-state index contributed by atoms with van der Waals surface area (Å²) in [7, 11) is 6.63. The van der Waals surface area contributed by atoms with Gasteiger partial charge < -0.3 is 169 Å². The number of hydrogen-bond acceptors (Lipinski definition) is 38. The van der Waals surface area contributed by atoms with Crippen molar-refractivity contribution < 1.29 is 184 Å². The molecule has 11 aliphatic rings. The molecule has 39 nitrogen and oxygen atoms in total. The molecule has 0 aliphatic carbocycles. The molecule has 0 amide bonds. The van der Waals surface area contributed by atoms with Gasteiger partial charge in [0.2, 0.25) is 0 Å². The standard InChI is InChI=1S/C70H100ClNO38/c1-25-15-32(73)17-33(74)42(25)61(81)99-38-23-93-70(60-53(38)91-24-92-60)107-39-22-90-63(46(78)52(39)108-70)105-65-56(88-13)45(77)51(37(100-65)21-85-10)103-64-47(79)55(50(86-11)28(4)96-64)104-66-57(80)68(9)59(31(7)97-66)109-69(110-68)19-35(76)48(29(5)106-69)101-40-18-36(98-41-20-67(8,72(83)84)58(89-14)30(6)95-41)49(27(3)94-40)102-62(82)43-26(2)16-34(75)44(71)54(43)87-12/h15-17,27-31,35-41,45-53,55-60,63-66,72-80,83H,18-24H2,1-14H3. The van der Waals surface area contributed by atoms with E-state index in [1.165, 1.54) is 61.5 Å². The van der Waals surface area contributed by atoms with Crippen molar-refractivity contribution >= 4 is 23.5 Å². The number of carbonyl (C=O) groups excluding carboxylic acids is 2. The number of benzene rings is 2. The number of hydroxylamine groups is 2. The Kier molecular flexibility index (Phi) is 25.0. The Balaban J connectivity index is 0.642. The van der Waals surface area contributed by atoms with Crippen molar-refractivity contribution in [2.75, 3.05) is 62.2 Å². The number of aromatic hydroxyl groups is 3. The highest BCUT2D eigenvalue weighted by molar-refractivity contribution is 6.34. The lowest BCUT2D eigenvalue weighted by molar-refractivity contribution is -1.09. The van der Waals surface area contributed by atoms with Gasteiger partial charge in [0.25, 0.3) is 5.97 Å². The smallest absolute Gasteiger partial charge is 0.342 e. The predicted octanol–water partition coefficient (Wildman–Crippen LogP) is -0.896. The summed E-state index contributed by atoms with van der Waals surface area (Å²) in [5.74, 6) is -7.14. The average Bonchev–Trinajstić information content (AvgIpc) is 1.56.